The van der Waals surface area contributed by atoms with E-state index >= 15 is 0 Å². The average Bonchev–Trinajstić information content (AvgIpc) is 2.82. The monoisotopic (exact) mass is 282 g/mol. The van der Waals surface area contributed by atoms with Crippen LogP contribution in [-0.2, 0) is 16.4 Å². The summed E-state index contributed by atoms with van der Waals surface area (Å²) in [5.41, 5.74) is 7.15. The lowest BCUT2D eigenvalue weighted by Crippen LogP contribution is -2.25. The van der Waals surface area contributed by atoms with Crippen LogP contribution in [0.15, 0.2) is 46.0 Å². The number of thiophene rings is 1. The molecule has 1 heterocycles. The normalized spacial score (nSPS) is 11.6. The summed E-state index contributed by atoms with van der Waals surface area (Å²) < 4.78 is 26.5. The van der Waals surface area contributed by atoms with Crippen molar-refractivity contribution in [3.05, 3.63) is 46.7 Å². The van der Waals surface area contributed by atoms with Gasteiger partial charge in [-0.05, 0) is 47.0 Å². The van der Waals surface area contributed by atoms with Crippen LogP contribution >= 0.6 is 11.3 Å². The van der Waals surface area contributed by atoms with Gasteiger partial charge in [-0.1, -0.05) is 6.07 Å². The van der Waals surface area contributed by atoms with E-state index in [0.29, 0.717) is 18.7 Å². The van der Waals surface area contributed by atoms with Crippen molar-refractivity contribution in [3.63, 3.8) is 0 Å². The first-order valence-corrected chi connectivity index (χ1v) is 7.87. The first-order valence-electron chi connectivity index (χ1n) is 5.44. The topological polar surface area (TPSA) is 72.2 Å². The summed E-state index contributed by atoms with van der Waals surface area (Å²) in [5, 5.41) is 3.98. The molecule has 0 spiro atoms. The fraction of sp³-hybridized carbons (Fsp3) is 0.167. The molecule has 0 bridgehead atoms. The first kappa shape index (κ1) is 13.1. The summed E-state index contributed by atoms with van der Waals surface area (Å²) in [6.07, 6.45) is 0.686. The van der Waals surface area contributed by atoms with E-state index in [1.54, 1.807) is 23.5 Å². The number of anilines is 1. The molecule has 96 valence electrons. The molecule has 0 radical (unpaired) electrons. The molecule has 1 aromatic carbocycles. The Labute approximate surface area is 111 Å². The molecule has 0 aliphatic rings. The first-order chi connectivity index (χ1) is 8.58. The third-order valence-electron chi connectivity index (χ3n) is 2.45. The molecule has 0 saturated heterocycles. The van der Waals surface area contributed by atoms with Gasteiger partial charge in [-0.15, -0.1) is 0 Å². The minimum Gasteiger partial charge on any atom is -0.399 e. The molecule has 0 unspecified atom stereocenters. The molecule has 6 heteroatoms. The predicted octanol–water partition coefficient (Wildman–Crippen LogP) is 1.85. The quantitative estimate of drug-likeness (QED) is 0.822. The van der Waals surface area contributed by atoms with Gasteiger partial charge in [-0.25, -0.2) is 13.1 Å². The van der Waals surface area contributed by atoms with Gasteiger partial charge >= 0.3 is 0 Å². The van der Waals surface area contributed by atoms with Gasteiger partial charge in [0, 0.05) is 12.2 Å². The summed E-state index contributed by atoms with van der Waals surface area (Å²) in [4.78, 5) is 0.202. The van der Waals surface area contributed by atoms with Crippen LogP contribution in [0.5, 0.6) is 0 Å². The lowest BCUT2D eigenvalue weighted by Gasteiger charge is -2.06. The Balaban J connectivity index is 1.99. The molecule has 0 amide bonds. The Morgan fingerprint density at radius 1 is 1.28 bits per heavy atom. The van der Waals surface area contributed by atoms with Crippen molar-refractivity contribution in [2.75, 3.05) is 12.3 Å². The summed E-state index contributed by atoms with van der Waals surface area (Å²) in [7, 11) is -3.46. The molecule has 0 aliphatic heterocycles. The Kier molecular flexibility index (Phi) is 4.00. The van der Waals surface area contributed by atoms with Gasteiger partial charge < -0.3 is 5.73 Å². The van der Waals surface area contributed by atoms with E-state index in [4.69, 9.17) is 5.73 Å². The van der Waals surface area contributed by atoms with Crippen LogP contribution in [0.25, 0.3) is 0 Å². The zero-order valence-electron chi connectivity index (χ0n) is 9.67. The van der Waals surface area contributed by atoms with E-state index in [1.165, 1.54) is 12.1 Å². The Morgan fingerprint density at radius 3 is 2.78 bits per heavy atom. The van der Waals surface area contributed by atoms with Gasteiger partial charge in [0.1, 0.15) is 0 Å². The number of hydrogen-bond acceptors (Lipinski definition) is 4. The summed E-state index contributed by atoms with van der Waals surface area (Å²) in [6.45, 7) is 0.383. The molecule has 2 rings (SSSR count). The second-order valence-corrected chi connectivity index (χ2v) is 6.40. The van der Waals surface area contributed by atoms with E-state index in [1.807, 2.05) is 16.8 Å². The maximum Gasteiger partial charge on any atom is 0.240 e. The van der Waals surface area contributed by atoms with Crippen molar-refractivity contribution in [2.24, 2.45) is 0 Å². The standard InChI is InChI=1S/C12H14N2O2S2/c13-11-2-1-3-12(8-11)18(15,16)14-6-4-10-5-7-17-9-10/h1-3,5,7-9,14H,4,6,13H2. The smallest absolute Gasteiger partial charge is 0.240 e. The highest BCUT2D eigenvalue weighted by Gasteiger charge is 2.13. The number of nitrogens with one attached hydrogen (secondary N) is 1. The molecule has 0 fully saturated rings. The minimum atomic E-state index is -3.46. The van der Waals surface area contributed by atoms with Crippen LogP contribution in [0, 0.1) is 0 Å². The van der Waals surface area contributed by atoms with Crippen LogP contribution in [0.3, 0.4) is 0 Å². The van der Waals surface area contributed by atoms with E-state index in [9.17, 15) is 8.42 Å². The van der Waals surface area contributed by atoms with Gasteiger partial charge in [0.25, 0.3) is 0 Å². The van der Waals surface area contributed by atoms with Gasteiger partial charge in [0.15, 0.2) is 0 Å². The van der Waals surface area contributed by atoms with Gasteiger partial charge in [-0.2, -0.15) is 11.3 Å². The SMILES string of the molecule is Nc1cccc(S(=O)(=O)NCCc2ccsc2)c1. The maximum absolute atomic E-state index is 11.9. The number of nitrogen functional groups attached to an aromatic ring is 1. The van der Waals surface area contributed by atoms with Crippen LogP contribution in [0.4, 0.5) is 5.69 Å². The number of benzene rings is 1. The highest BCUT2D eigenvalue weighted by Crippen LogP contribution is 2.12. The van der Waals surface area contributed by atoms with Crippen LogP contribution in [0.2, 0.25) is 0 Å². The van der Waals surface area contributed by atoms with Gasteiger partial charge in [-0.3, -0.25) is 0 Å². The zero-order valence-corrected chi connectivity index (χ0v) is 11.3. The highest BCUT2D eigenvalue weighted by atomic mass is 32.2. The molecule has 4 nitrogen and oxygen atoms in total. The van der Waals surface area contributed by atoms with Gasteiger partial charge in [0.2, 0.25) is 10.0 Å². The lowest BCUT2D eigenvalue weighted by molar-refractivity contribution is 0.581. The Hall–Kier alpha value is -1.37. The number of nitrogens with two attached hydrogens (primary N) is 1. The van der Waals surface area contributed by atoms with Crippen molar-refractivity contribution < 1.29 is 8.42 Å². The fourth-order valence-electron chi connectivity index (χ4n) is 1.53. The van der Waals surface area contributed by atoms with E-state index in [2.05, 4.69) is 4.72 Å². The largest absolute Gasteiger partial charge is 0.399 e. The van der Waals surface area contributed by atoms with Gasteiger partial charge in [0.05, 0.1) is 4.90 Å². The molecular formula is C12H14N2O2S2. The molecule has 18 heavy (non-hydrogen) atoms. The Morgan fingerprint density at radius 2 is 2.11 bits per heavy atom. The summed E-state index contributed by atoms with van der Waals surface area (Å²) in [6, 6.07) is 8.25. The maximum atomic E-state index is 11.9. The lowest BCUT2D eigenvalue weighted by atomic mass is 10.2. The van der Waals surface area contributed by atoms with Crippen molar-refractivity contribution in [3.8, 4) is 0 Å². The molecule has 1 aromatic heterocycles. The summed E-state index contributed by atoms with van der Waals surface area (Å²) >= 11 is 1.60. The zero-order chi connectivity index (χ0) is 13.0. The third kappa shape index (κ3) is 3.32. The molecule has 0 aliphatic carbocycles. The number of sulfonamides is 1. The molecule has 0 saturated carbocycles. The highest BCUT2D eigenvalue weighted by molar-refractivity contribution is 7.89. The molecular weight excluding hydrogens is 268 g/mol. The predicted molar refractivity (Wildman–Crippen MR) is 74.1 cm³/mol. The van der Waals surface area contributed by atoms with Crippen molar-refractivity contribution in [1.82, 2.24) is 4.72 Å². The second kappa shape index (κ2) is 5.51. The Bertz CT molecular complexity index is 607. The average molecular weight is 282 g/mol. The molecule has 0 atom stereocenters. The minimum absolute atomic E-state index is 0.202. The van der Waals surface area contributed by atoms with E-state index < -0.39 is 10.0 Å². The van der Waals surface area contributed by atoms with Crippen molar-refractivity contribution in [2.45, 2.75) is 11.3 Å². The second-order valence-electron chi connectivity index (χ2n) is 3.85. The number of hydrogen-bond donors (Lipinski definition) is 2. The number of rotatable bonds is 5. The van der Waals surface area contributed by atoms with Crippen LogP contribution in [0.1, 0.15) is 5.56 Å². The van der Waals surface area contributed by atoms with E-state index in [0.717, 1.165) is 5.56 Å². The third-order valence-corrected chi connectivity index (χ3v) is 4.65. The van der Waals surface area contributed by atoms with Crippen molar-refractivity contribution >= 4 is 27.0 Å². The van der Waals surface area contributed by atoms with Crippen LogP contribution < -0.4 is 10.5 Å². The summed E-state index contributed by atoms with van der Waals surface area (Å²) in [5.74, 6) is 0. The fourth-order valence-corrected chi connectivity index (χ4v) is 3.32. The van der Waals surface area contributed by atoms with Crippen molar-refractivity contribution in [1.29, 1.82) is 0 Å². The van der Waals surface area contributed by atoms with E-state index in [-0.39, 0.29) is 4.90 Å². The van der Waals surface area contributed by atoms with Crippen LogP contribution in [-0.4, -0.2) is 15.0 Å². The molecule has 2 aromatic rings. The molecule has 3 N–H and O–H groups in total.